The zero-order chi connectivity index (χ0) is 19.5. The molecule has 3 N–H and O–H groups in total. The first kappa shape index (κ1) is 18.4. The lowest BCUT2D eigenvalue weighted by Gasteiger charge is -2.33. The van der Waals surface area contributed by atoms with Gasteiger partial charge in [0.1, 0.15) is 11.6 Å². The van der Waals surface area contributed by atoms with Crippen molar-refractivity contribution in [3.63, 3.8) is 0 Å². The molecule has 10 heteroatoms. The molecule has 148 valence electrons. The molecule has 10 nitrogen and oxygen atoms in total. The number of ether oxygens (including phenoxy) is 2. The number of carboxylic acids is 1. The van der Waals surface area contributed by atoms with Crippen molar-refractivity contribution in [2.24, 2.45) is 0 Å². The summed E-state index contributed by atoms with van der Waals surface area (Å²) in [6, 6.07) is 5.43. The number of anilines is 3. The Morgan fingerprint density at radius 1 is 1.14 bits per heavy atom. The van der Waals surface area contributed by atoms with Crippen molar-refractivity contribution in [2.75, 3.05) is 61.5 Å². The van der Waals surface area contributed by atoms with Crippen LogP contribution < -0.4 is 15.5 Å². The number of carbonyl (C=O) groups is 1. The second-order valence-electron chi connectivity index (χ2n) is 6.63. The van der Waals surface area contributed by atoms with Gasteiger partial charge in [-0.1, -0.05) is 0 Å². The van der Waals surface area contributed by atoms with E-state index >= 15 is 0 Å². The van der Waals surface area contributed by atoms with E-state index in [2.05, 4.69) is 9.88 Å². The number of hydrogen-bond donors (Lipinski definition) is 2. The molecule has 2 aliphatic heterocycles. The summed E-state index contributed by atoms with van der Waals surface area (Å²) >= 11 is 0. The zero-order valence-corrected chi connectivity index (χ0v) is 15.3. The molecule has 4 rings (SSSR count). The van der Waals surface area contributed by atoms with Crippen molar-refractivity contribution in [3.05, 3.63) is 24.4 Å². The first-order valence-electron chi connectivity index (χ1n) is 9.13. The highest BCUT2D eigenvalue weighted by Gasteiger charge is 2.28. The molecule has 0 aliphatic carbocycles. The van der Waals surface area contributed by atoms with Crippen LogP contribution in [0.3, 0.4) is 0 Å². The van der Waals surface area contributed by atoms with Gasteiger partial charge in [0.15, 0.2) is 6.10 Å². The number of pyridine rings is 1. The Balaban J connectivity index is 1.71. The number of rotatable bonds is 4. The Kier molecular flexibility index (Phi) is 5.22. The second kappa shape index (κ2) is 7.95. The molecule has 4 heterocycles. The van der Waals surface area contributed by atoms with Gasteiger partial charge >= 0.3 is 5.97 Å². The molecule has 2 saturated heterocycles. The fourth-order valence-corrected chi connectivity index (χ4v) is 3.20. The monoisotopic (exact) mass is 386 g/mol. The third-order valence-electron chi connectivity index (χ3n) is 4.74. The Morgan fingerprint density at radius 2 is 1.93 bits per heavy atom. The van der Waals surface area contributed by atoms with E-state index < -0.39 is 12.1 Å². The van der Waals surface area contributed by atoms with Crippen LogP contribution in [0.4, 0.5) is 17.6 Å². The lowest BCUT2D eigenvalue weighted by Crippen LogP contribution is -2.46. The van der Waals surface area contributed by atoms with Gasteiger partial charge in [-0.3, -0.25) is 0 Å². The van der Waals surface area contributed by atoms with Gasteiger partial charge in [0, 0.05) is 37.5 Å². The van der Waals surface area contributed by atoms with Crippen LogP contribution in [0.15, 0.2) is 24.4 Å². The maximum Gasteiger partial charge on any atom is 0.334 e. The van der Waals surface area contributed by atoms with Crippen molar-refractivity contribution in [1.29, 1.82) is 0 Å². The van der Waals surface area contributed by atoms with E-state index in [1.807, 2.05) is 17.0 Å². The average Bonchev–Trinajstić information content (AvgIpc) is 2.74. The van der Waals surface area contributed by atoms with E-state index in [-0.39, 0.29) is 6.54 Å². The summed E-state index contributed by atoms with van der Waals surface area (Å²) in [4.78, 5) is 28.9. The van der Waals surface area contributed by atoms with Crippen LogP contribution in [-0.2, 0) is 14.3 Å². The Bertz CT molecular complexity index is 840. The molecule has 0 spiro atoms. The summed E-state index contributed by atoms with van der Waals surface area (Å²) in [5.74, 6) is 0.711. The fraction of sp³-hybridized carbons (Fsp3) is 0.444. The van der Waals surface area contributed by atoms with E-state index in [0.29, 0.717) is 62.7 Å². The van der Waals surface area contributed by atoms with Crippen molar-refractivity contribution in [2.45, 2.75) is 6.10 Å². The van der Waals surface area contributed by atoms with Gasteiger partial charge < -0.3 is 30.1 Å². The number of nitrogens with zero attached hydrogens (tertiary/aromatic N) is 5. The third kappa shape index (κ3) is 3.97. The van der Waals surface area contributed by atoms with Gasteiger partial charge in [-0.05, 0) is 12.1 Å². The van der Waals surface area contributed by atoms with Crippen LogP contribution in [0.25, 0.3) is 11.3 Å². The molecule has 0 bridgehead atoms. The maximum absolute atomic E-state index is 11.3. The largest absolute Gasteiger partial charge is 0.479 e. The van der Waals surface area contributed by atoms with E-state index in [4.69, 9.17) is 25.2 Å². The molecular formula is C18H22N6O4. The van der Waals surface area contributed by atoms with Crippen molar-refractivity contribution in [3.8, 4) is 11.3 Å². The molecular weight excluding hydrogens is 364 g/mol. The SMILES string of the molecule is Nc1ccc(-c2cc(N3CCOC(C(=O)O)C3)nc(N3CCOCC3)n2)cn1. The van der Waals surface area contributed by atoms with Gasteiger partial charge in [-0.25, -0.2) is 14.8 Å². The summed E-state index contributed by atoms with van der Waals surface area (Å²) < 4.78 is 10.8. The summed E-state index contributed by atoms with van der Waals surface area (Å²) in [6.45, 7) is 3.74. The van der Waals surface area contributed by atoms with Gasteiger partial charge in [-0.15, -0.1) is 0 Å². The molecule has 2 aliphatic rings. The number of aromatic nitrogens is 3. The lowest BCUT2D eigenvalue weighted by molar-refractivity contribution is -0.150. The number of hydrogen-bond acceptors (Lipinski definition) is 9. The number of aliphatic carboxylic acids is 1. The molecule has 2 aromatic rings. The number of nitrogen functional groups attached to an aromatic ring is 1. The van der Waals surface area contributed by atoms with Crippen molar-refractivity contribution < 1.29 is 19.4 Å². The Hall–Kier alpha value is -2.98. The summed E-state index contributed by atoms with van der Waals surface area (Å²) in [7, 11) is 0. The summed E-state index contributed by atoms with van der Waals surface area (Å²) in [6.07, 6.45) is 0.793. The zero-order valence-electron chi connectivity index (χ0n) is 15.3. The van der Waals surface area contributed by atoms with Crippen molar-refractivity contribution in [1.82, 2.24) is 15.0 Å². The number of morpholine rings is 2. The van der Waals surface area contributed by atoms with Crippen LogP contribution >= 0.6 is 0 Å². The predicted molar refractivity (Wildman–Crippen MR) is 102 cm³/mol. The Morgan fingerprint density at radius 3 is 2.64 bits per heavy atom. The standard InChI is InChI=1S/C18H22N6O4/c19-15-2-1-12(10-20-15)13-9-16(24-5-8-28-14(11-24)17(25)26)22-18(21-13)23-3-6-27-7-4-23/h1-2,9-10,14H,3-8,11H2,(H2,19,20)(H,25,26). The van der Waals surface area contributed by atoms with E-state index in [9.17, 15) is 9.90 Å². The molecule has 2 fully saturated rings. The normalized spacial score (nSPS) is 20.2. The molecule has 2 aromatic heterocycles. The molecule has 28 heavy (non-hydrogen) atoms. The minimum atomic E-state index is -0.977. The molecule has 0 saturated carbocycles. The van der Waals surface area contributed by atoms with E-state index in [1.54, 1.807) is 12.3 Å². The van der Waals surface area contributed by atoms with Crippen LogP contribution in [0.5, 0.6) is 0 Å². The summed E-state index contributed by atoms with van der Waals surface area (Å²) in [5.41, 5.74) is 7.22. The average molecular weight is 386 g/mol. The Labute approximate surface area is 161 Å². The van der Waals surface area contributed by atoms with Gasteiger partial charge in [-0.2, -0.15) is 4.98 Å². The smallest absolute Gasteiger partial charge is 0.334 e. The maximum atomic E-state index is 11.3. The van der Waals surface area contributed by atoms with Crippen LogP contribution in [0, 0.1) is 0 Å². The van der Waals surface area contributed by atoms with Crippen LogP contribution in [-0.4, -0.2) is 78.1 Å². The topological polar surface area (TPSA) is 127 Å². The van der Waals surface area contributed by atoms with Crippen LogP contribution in [0.2, 0.25) is 0 Å². The summed E-state index contributed by atoms with van der Waals surface area (Å²) in [5, 5.41) is 9.29. The van der Waals surface area contributed by atoms with Gasteiger partial charge in [0.2, 0.25) is 5.95 Å². The minimum Gasteiger partial charge on any atom is -0.479 e. The fourth-order valence-electron chi connectivity index (χ4n) is 3.20. The molecule has 0 radical (unpaired) electrons. The highest BCUT2D eigenvalue weighted by Crippen LogP contribution is 2.26. The molecule has 0 amide bonds. The minimum absolute atomic E-state index is 0.230. The van der Waals surface area contributed by atoms with Crippen LogP contribution in [0.1, 0.15) is 0 Å². The highest BCUT2D eigenvalue weighted by molar-refractivity contribution is 5.74. The number of carboxylic acid groups (broad SMARTS) is 1. The molecule has 0 aromatic carbocycles. The lowest BCUT2D eigenvalue weighted by atomic mass is 10.2. The first-order chi connectivity index (χ1) is 13.6. The van der Waals surface area contributed by atoms with Gasteiger partial charge in [0.05, 0.1) is 32.1 Å². The quantitative estimate of drug-likeness (QED) is 0.754. The first-order valence-corrected chi connectivity index (χ1v) is 9.13. The highest BCUT2D eigenvalue weighted by atomic mass is 16.5. The second-order valence-corrected chi connectivity index (χ2v) is 6.63. The van der Waals surface area contributed by atoms with E-state index in [1.165, 1.54) is 0 Å². The molecule has 1 atom stereocenters. The van der Waals surface area contributed by atoms with Gasteiger partial charge in [0.25, 0.3) is 0 Å². The predicted octanol–water partition coefficient (Wildman–Crippen LogP) is 0.247. The molecule has 1 unspecified atom stereocenters. The number of nitrogens with two attached hydrogens (primary N) is 1. The third-order valence-corrected chi connectivity index (χ3v) is 4.74. The van der Waals surface area contributed by atoms with E-state index in [0.717, 1.165) is 5.56 Å². The van der Waals surface area contributed by atoms with Crippen molar-refractivity contribution >= 4 is 23.6 Å².